The highest BCUT2D eigenvalue weighted by Gasteiger charge is 2.15. The molecular formula is C14H12ClNOS. The Balaban J connectivity index is 2.03. The molecule has 1 aromatic carbocycles. The van der Waals surface area contributed by atoms with Crippen molar-refractivity contribution in [1.82, 2.24) is 0 Å². The Kier molecular flexibility index (Phi) is 2.90. The van der Waals surface area contributed by atoms with E-state index in [1.165, 1.54) is 4.88 Å². The van der Waals surface area contributed by atoms with Crippen LogP contribution in [0.15, 0.2) is 40.8 Å². The molecule has 0 saturated heterocycles. The SMILES string of the molecule is Cc1ccc(C(N)c2cc3cc(Cl)ccc3o2)s1. The first-order chi connectivity index (χ1) is 8.63. The van der Waals surface area contributed by atoms with Gasteiger partial charge in [-0.25, -0.2) is 0 Å². The van der Waals surface area contributed by atoms with Crippen LogP contribution in [0.4, 0.5) is 0 Å². The van der Waals surface area contributed by atoms with E-state index in [1.807, 2.05) is 30.3 Å². The number of hydrogen-bond acceptors (Lipinski definition) is 3. The Morgan fingerprint density at radius 1 is 1.22 bits per heavy atom. The largest absolute Gasteiger partial charge is 0.459 e. The van der Waals surface area contributed by atoms with Crippen molar-refractivity contribution >= 4 is 33.9 Å². The normalized spacial score (nSPS) is 13.1. The minimum absolute atomic E-state index is 0.213. The maximum atomic E-state index is 6.22. The number of furan rings is 1. The van der Waals surface area contributed by atoms with Crippen LogP contribution in [-0.2, 0) is 0 Å². The average molecular weight is 278 g/mol. The summed E-state index contributed by atoms with van der Waals surface area (Å²) in [5, 5.41) is 1.69. The number of fused-ring (bicyclic) bond motifs is 1. The Bertz CT molecular complexity index is 701. The topological polar surface area (TPSA) is 39.2 Å². The summed E-state index contributed by atoms with van der Waals surface area (Å²) in [6.45, 7) is 2.07. The summed E-state index contributed by atoms with van der Waals surface area (Å²) >= 11 is 7.65. The van der Waals surface area contributed by atoms with Crippen LogP contribution in [0.25, 0.3) is 11.0 Å². The quantitative estimate of drug-likeness (QED) is 0.749. The van der Waals surface area contributed by atoms with E-state index in [1.54, 1.807) is 11.3 Å². The monoisotopic (exact) mass is 277 g/mol. The molecule has 1 unspecified atom stereocenters. The molecule has 0 fully saturated rings. The van der Waals surface area contributed by atoms with E-state index >= 15 is 0 Å². The van der Waals surface area contributed by atoms with E-state index in [4.69, 9.17) is 21.8 Å². The highest BCUT2D eigenvalue weighted by atomic mass is 35.5. The molecule has 4 heteroatoms. The molecule has 3 aromatic rings. The van der Waals surface area contributed by atoms with E-state index in [2.05, 4.69) is 13.0 Å². The lowest BCUT2D eigenvalue weighted by Crippen LogP contribution is -2.08. The summed E-state index contributed by atoms with van der Waals surface area (Å²) < 4.78 is 5.77. The minimum atomic E-state index is -0.213. The fourth-order valence-electron chi connectivity index (χ4n) is 1.95. The molecule has 2 nitrogen and oxygen atoms in total. The highest BCUT2D eigenvalue weighted by Crippen LogP contribution is 2.31. The summed E-state index contributed by atoms with van der Waals surface area (Å²) in [5.74, 6) is 0.772. The zero-order valence-corrected chi connectivity index (χ0v) is 11.4. The van der Waals surface area contributed by atoms with Crippen LogP contribution < -0.4 is 5.73 Å². The second kappa shape index (κ2) is 4.43. The fourth-order valence-corrected chi connectivity index (χ4v) is 3.02. The third-order valence-electron chi connectivity index (χ3n) is 2.87. The van der Waals surface area contributed by atoms with Gasteiger partial charge < -0.3 is 10.2 Å². The number of halogens is 1. The van der Waals surface area contributed by atoms with Gasteiger partial charge >= 0.3 is 0 Å². The second-order valence-electron chi connectivity index (χ2n) is 4.26. The number of rotatable bonds is 2. The van der Waals surface area contributed by atoms with Gasteiger partial charge in [-0.1, -0.05) is 11.6 Å². The first-order valence-electron chi connectivity index (χ1n) is 5.64. The van der Waals surface area contributed by atoms with Gasteiger partial charge in [0.25, 0.3) is 0 Å². The van der Waals surface area contributed by atoms with Crippen LogP contribution in [0, 0.1) is 6.92 Å². The third kappa shape index (κ3) is 2.05. The van der Waals surface area contributed by atoms with E-state index in [0.29, 0.717) is 5.02 Å². The Morgan fingerprint density at radius 3 is 2.78 bits per heavy atom. The number of thiophene rings is 1. The van der Waals surface area contributed by atoms with Crippen molar-refractivity contribution in [1.29, 1.82) is 0 Å². The highest BCUT2D eigenvalue weighted by molar-refractivity contribution is 7.12. The van der Waals surface area contributed by atoms with Gasteiger partial charge in [0.1, 0.15) is 11.3 Å². The van der Waals surface area contributed by atoms with Crippen LogP contribution in [-0.4, -0.2) is 0 Å². The van der Waals surface area contributed by atoms with Gasteiger partial charge in [0.05, 0.1) is 6.04 Å². The molecule has 0 radical (unpaired) electrons. The molecular weight excluding hydrogens is 266 g/mol. The lowest BCUT2D eigenvalue weighted by molar-refractivity contribution is 0.528. The molecule has 1 atom stereocenters. The molecule has 2 aromatic heterocycles. The van der Waals surface area contributed by atoms with Crippen molar-refractivity contribution in [2.45, 2.75) is 13.0 Å². The van der Waals surface area contributed by atoms with E-state index in [9.17, 15) is 0 Å². The van der Waals surface area contributed by atoms with Gasteiger partial charge in [0.2, 0.25) is 0 Å². The van der Waals surface area contributed by atoms with E-state index in [0.717, 1.165) is 21.6 Å². The average Bonchev–Trinajstić information content (AvgIpc) is 2.93. The van der Waals surface area contributed by atoms with Gasteiger partial charge in [-0.15, -0.1) is 11.3 Å². The van der Waals surface area contributed by atoms with Crippen molar-refractivity contribution in [3.05, 3.63) is 56.9 Å². The molecule has 18 heavy (non-hydrogen) atoms. The standard InChI is InChI=1S/C14H12ClNOS/c1-8-2-5-13(18-8)14(16)12-7-9-6-10(15)3-4-11(9)17-12/h2-7,14H,16H2,1H3. The summed E-state index contributed by atoms with van der Waals surface area (Å²) in [6, 6.07) is 11.4. The molecule has 0 amide bonds. The Morgan fingerprint density at radius 2 is 2.06 bits per heavy atom. The molecule has 0 bridgehead atoms. The molecule has 0 aliphatic rings. The maximum absolute atomic E-state index is 6.22. The fraction of sp³-hybridized carbons (Fsp3) is 0.143. The molecule has 0 saturated carbocycles. The van der Waals surface area contributed by atoms with Crippen molar-refractivity contribution in [2.75, 3.05) is 0 Å². The van der Waals surface area contributed by atoms with Crippen LogP contribution >= 0.6 is 22.9 Å². The lowest BCUT2D eigenvalue weighted by Gasteiger charge is -2.04. The van der Waals surface area contributed by atoms with E-state index in [-0.39, 0.29) is 6.04 Å². The molecule has 3 rings (SSSR count). The zero-order valence-electron chi connectivity index (χ0n) is 9.81. The molecule has 2 N–H and O–H groups in total. The third-order valence-corrected chi connectivity index (χ3v) is 4.19. The number of hydrogen-bond donors (Lipinski definition) is 1. The van der Waals surface area contributed by atoms with Crippen LogP contribution in [0.5, 0.6) is 0 Å². The minimum Gasteiger partial charge on any atom is -0.459 e. The first-order valence-corrected chi connectivity index (χ1v) is 6.84. The molecule has 2 heterocycles. The van der Waals surface area contributed by atoms with Crippen molar-refractivity contribution in [3.63, 3.8) is 0 Å². The van der Waals surface area contributed by atoms with Gasteiger partial charge in [-0.3, -0.25) is 0 Å². The molecule has 92 valence electrons. The summed E-state index contributed by atoms with van der Waals surface area (Å²) in [5.41, 5.74) is 7.03. The van der Waals surface area contributed by atoms with Gasteiger partial charge in [0.15, 0.2) is 0 Å². The first kappa shape index (κ1) is 11.8. The van der Waals surface area contributed by atoms with Crippen molar-refractivity contribution in [2.24, 2.45) is 5.73 Å². The smallest absolute Gasteiger partial charge is 0.134 e. The summed E-state index contributed by atoms with van der Waals surface area (Å²) in [7, 11) is 0. The Labute approximate surface area is 114 Å². The molecule has 0 aliphatic carbocycles. The van der Waals surface area contributed by atoms with Gasteiger partial charge in [-0.2, -0.15) is 0 Å². The number of aryl methyl sites for hydroxylation is 1. The predicted molar refractivity (Wildman–Crippen MR) is 76.3 cm³/mol. The van der Waals surface area contributed by atoms with E-state index < -0.39 is 0 Å². The van der Waals surface area contributed by atoms with Crippen LogP contribution in [0.3, 0.4) is 0 Å². The molecule has 0 aliphatic heterocycles. The predicted octanol–water partition coefficient (Wildman–Crippen LogP) is 4.50. The van der Waals surface area contributed by atoms with Crippen LogP contribution in [0.1, 0.15) is 21.6 Å². The maximum Gasteiger partial charge on any atom is 0.134 e. The lowest BCUT2D eigenvalue weighted by atomic mass is 10.2. The Hall–Kier alpha value is -1.29. The number of nitrogens with two attached hydrogens (primary N) is 1. The summed E-state index contributed by atoms with van der Waals surface area (Å²) in [6.07, 6.45) is 0. The van der Waals surface area contributed by atoms with Crippen molar-refractivity contribution < 1.29 is 4.42 Å². The number of benzene rings is 1. The second-order valence-corrected chi connectivity index (χ2v) is 6.01. The zero-order chi connectivity index (χ0) is 12.7. The van der Waals surface area contributed by atoms with Gasteiger partial charge in [-0.05, 0) is 43.3 Å². The summed E-state index contributed by atoms with van der Waals surface area (Å²) in [4.78, 5) is 2.36. The molecule has 0 spiro atoms. The van der Waals surface area contributed by atoms with Gasteiger partial charge in [0, 0.05) is 20.2 Å². The van der Waals surface area contributed by atoms with Crippen molar-refractivity contribution in [3.8, 4) is 0 Å². The van der Waals surface area contributed by atoms with Crippen LogP contribution in [0.2, 0.25) is 5.02 Å².